The number of hydrogen-bond acceptors (Lipinski definition) is 5. The average molecular weight is 385 g/mol. The molecule has 0 amide bonds. The number of ether oxygens (including phenoxy) is 2. The van der Waals surface area contributed by atoms with Gasteiger partial charge in [0.05, 0.1) is 12.8 Å². The summed E-state index contributed by atoms with van der Waals surface area (Å²) < 4.78 is 11.1. The molecule has 27 heavy (non-hydrogen) atoms. The molecular weight excluding hydrogens is 364 g/mol. The van der Waals surface area contributed by atoms with Gasteiger partial charge in [0.2, 0.25) is 0 Å². The van der Waals surface area contributed by atoms with Gasteiger partial charge in [0, 0.05) is 42.5 Å². The second-order valence-corrected chi connectivity index (χ2v) is 7.06. The van der Waals surface area contributed by atoms with Gasteiger partial charge in [-0.05, 0) is 42.5 Å². The fraction of sp³-hybridized carbons (Fsp3) is 0.286. The summed E-state index contributed by atoms with van der Waals surface area (Å²) in [6.07, 6.45) is 3.40. The maximum absolute atomic E-state index is 12.7. The third kappa shape index (κ3) is 4.26. The van der Waals surface area contributed by atoms with E-state index in [1.807, 2.05) is 18.2 Å². The summed E-state index contributed by atoms with van der Waals surface area (Å²) >= 11 is 6.09. The predicted molar refractivity (Wildman–Crippen MR) is 106 cm³/mol. The van der Waals surface area contributed by atoms with Crippen LogP contribution >= 0.6 is 11.6 Å². The summed E-state index contributed by atoms with van der Waals surface area (Å²) in [6, 6.07) is 13.3. The Morgan fingerprint density at radius 1 is 1.04 bits per heavy atom. The van der Waals surface area contributed by atoms with E-state index in [0.29, 0.717) is 30.2 Å². The number of Topliss-reactive ketones (excluding diaryl/α,β-unsaturated/α-hetero) is 1. The summed E-state index contributed by atoms with van der Waals surface area (Å²) in [5.74, 6) is 1.34. The van der Waals surface area contributed by atoms with Crippen molar-refractivity contribution in [3.05, 3.63) is 65.4 Å². The maximum Gasteiger partial charge on any atom is 0.176 e. The quantitative estimate of drug-likeness (QED) is 0.753. The number of rotatable bonds is 4. The van der Waals surface area contributed by atoms with E-state index in [4.69, 9.17) is 21.1 Å². The van der Waals surface area contributed by atoms with E-state index in [1.165, 1.54) is 0 Å². The summed E-state index contributed by atoms with van der Waals surface area (Å²) in [6.45, 7) is 4.28. The Hall–Kier alpha value is -2.50. The third-order valence-corrected chi connectivity index (χ3v) is 5.04. The maximum atomic E-state index is 12.7. The van der Waals surface area contributed by atoms with Crippen molar-refractivity contribution in [3.63, 3.8) is 0 Å². The number of piperazine rings is 1. The topological polar surface area (TPSA) is 42.0 Å². The van der Waals surface area contributed by atoms with Crippen LogP contribution in [0.15, 0.2) is 54.8 Å². The van der Waals surface area contributed by atoms with Gasteiger partial charge >= 0.3 is 0 Å². The molecule has 2 aliphatic heterocycles. The highest BCUT2D eigenvalue weighted by molar-refractivity contribution is 6.30. The van der Waals surface area contributed by atoms with Crippen LogP contribution in [0.4, 0.5) is 5.69 Å². The van der Waals surface area contributed by atoms with Crippen LogP contribution in [0.5, 0.6) is 11.5 Å². The van der Waals surface area contributed by atoms with E-state index >= 15 is 0 Å². The summed E-state index contributed by atoms with van der Waals surface area (Å²) in [5.41, 5.74) is 1.78. The Bertz CT molecular complexity index is 860. The highest BCUT2D eigenvalue weighted by Crippen LogP contribution is 2.30. The molecule has 1 saturated heterocycles. The van der Waals surface area contributed by atoms with Gasteiger partial charge in [0.15, 0.2) is 17.3 Å². The van der Waals surface area contributed by atoms with E-state index in [0.717, 1.165) is 36.9 Å². The lowest BCUT2D eigenvalue weighted by Crippen LogP contribution is -2.48. The minimum atomic E-state index is 0.0924. The number of ketones is 1. The molecule has 2 aliphatic rings. The van der Waals surface area contributed by atoms with Crippen molar-refractivity contribution >= 4 is 23.1 Å². The normalized spacial score (nSPS) is 16.9. The van der Waals surface area contributed by atoms with Gasteiger partial charge in [-0.2, -0.15) is 0 Å². The summed E-state index contributed by atoms with van der Waals surface area (Å²) in [7, 11) is 0. The smallest absolute Gasteiger partial charge is 0.176 e. The first-order valence-electron chi connectivity index (χ1n) is 9.04. The SMILES string of the molecule is O=C(CN1CCN(c2cccc(Cl)c2)CC1)c1ccc2c(c1)OCC=CO2. The molecule has 140 valence electrons. The first-order chi connectivity index (χ1) is 13.2. The molecule has 0 saturated carbocycles. The molecule has 0 unspecified atom stereocenters. The van der Waals surface area contributed by atoms with Gasteiger partial charge in [0.1, 0.15) is 6.61 Å². The van der Waals surface area contributed by atoms with Gasteiger partial charge in [-0.25, -0.2) is 0 Å². The number of carbonyl (C=O) groups is 1. The van der Waals surface area contributed by atoms with Crippen LogP contribution in [0.1, 0.15) is 10.4 Å². The van der Waals surface area contributed by atoms with Crippen molar-refractivity contribution in [3.8, 4) is 11.5 Å². The van der Waals surface area contributed by atoms with Crippen LogP contribution in [0.2, 0.25) is 5.02 Å². The van der Waals surface area contributed by atoms with Crippen molar-refractivity contribution in [1.29, 1.82) is 0 Å². The van der Waals surface area contributed by atoms with Gasteiger partial charge in [-0.1, -0.05) is 17.7 Å². The molecule has 0 atom stereocenters. The second-order valence-electron chi connectivity index (χ2n) is 6.63. The third-order valence-electron chi connectivity index (χ3n) is 4.80. The number of nitrogens with zero attached hydrogens (tertiary/aromatic N) is 2. The van der Waals surface area contributed by atoms with Crippen LogP contribution in [-0.4, -0.2) is 50.0 Å². The average Bonchev–Trinajstić information content (AvgIpc) is 2.93. The van der Waals surface area contributed by atoms with Gasteiger partial charge in [0.25, 0.3) is 0 Å². The molecular formula is C21H21ClN2O3. The van der Waals surface area contributed by atoms with Gasteiger partial charge in [-0.15, -0.1) is 0 Å². The van der Waals surface area contributed by atoms with Crippen LogP contribution in [0.25, 0.3) is 0 Å². The molecule has 0 radical (unpaired) electrons. The highest BCUT2D eigenvalue weighted by Gasteiger charge is 2.21. The highest BCUT2D eigenvalue weighted by atomic mass is 35.5. The molecule has 5 nitrogen and oxygen atoms in total. The van der Waals surface area contributed by atoms with Crippen molar-refractivity contribution in [2.75, 3.05) is 44.2 Å². The molecule has 1 fully saturated rings. The molecule has 2 aromatic rings. The Balaban J connectivity index is 1.35. The number of fused-ring (bicyclic) bond motifs is 1. The lowest BCUT2D eigenvalue weighted by Gasteiger charge is -2.35. The minimum absolute atomic E-state index is 0.0924. The lowest BCUT2D eigenvalue weighted by atomic mass is 10.1. The predicted octanol–water partition coefficient (Wildman–Crippen LogP) is 3.63. The van der Waals surface area contributed by atoms with E-state index in [2.05, 4.69) is 15.9 Å². The first-order valence-corrected chi connectivity index (χ1v) is 9.41. The monoisotopic (exact) mass is 384 g/mol. The van der Waals surface area contributed by atoms with Crippen LogP contribution in [-0.2, 0) is 0 Å². The van der Waals surface area contributed by atoms with Crippen molar-refractivity contribution < 1.29 is 14.3 Å². The van der Waals surface area contributed by atoms with Gasteiger partial charge < -0.3 is 14.4 Å². The Morgan fingerprint density at radius 3 is 2.70 bits per heavy atom. The number of anilines is 1. The lowest BCUT2D eigenvalue weighted by molar-refractivity contribution is 0.0926. The number of carbonyl (C=O) groups excluding carboxylic acids is 1. The summed E-state index contributed by atoms with van der Waals surface area (Å²) in [4.78, 5) is 17.2. The van der Waals surface area contributed by atoms with E-state index in [1.54, 1.807) is 30.5 Å². The number of hydrogen-bond donors (Lipinski definition) is 0. The number of halogens is 1. The van der Waals surface area contributed by atoms with Crippen molar-refractivity contribution in [2.45, 2.75) is 0 Å². The van der Waals surface area contributed by atoms with Crippen LogP contribution in [0, 0.1) is 0 Å². The van der Waals surface area contributed by atoms with Crippen molar-refractivity contribution in [2.24, 2.45) is 0 Å². The van der Waals surface area contributed by atoms with E-state index in [9.17, 15) is 4.79 Å². The standard InChI is InChI=1S/C21H21ClN2O3/c22-17-3-1-4-18(14-17)24-9-7-23(8-10-24)15-19(25)16-5-6-20-21(13-16)27-12-2-11-26-20/h1-6,11,13-14H,7-10,12,15H2. The zero-order valence-corrected chi connectivity index (χ0v) is 15.7. The molecule has 0 aromatic heterocycles. The fourth-order valence-electron chi connectivity index (χ4n) is 3.32. The van der Waals surface area contributed by atoms with E-state index < -0.39 is 0 Å². The Labute approximate surface area is 163 Å². The molecule has 6 heteroatoms. The zero-order chi connectivity index (χ0) is 18.6. The molecule has 0 N–H and O–H groups in total. The van der Waals surface area contributed by atoms with Crippen LogP contribution < -0.4 is 14.4 Å². The number of benzene rings is 2. The molecule has 2 aromatic carbocycles. The molecule has 0 spiro atoms. The van der Waals surface area contributed by atoms with Crippen LogP contribution in [0.3, 0.4) is 0 Å². The minimum Gasteiger partial charge on any atom is -0.485 e. The molecule has 2 heterocycles. The van der Waals surface area contributed by atoms with Crippen molar-refractivity contribution in [1.82, 2.24) is 4.90 Å². The first kappa shape index (κ1) is 17.9. The fourth-order valence-corrected chi connectivity index (χ4v) is 3.51. The largest absolute Gasteiger partial charge is 0.485 e. The molecule has 4 rings (SSSR count). The Kier molecular flexibility index (Phi) is 5.32. The van der Waals surface area contributed by atoms with Gasteiger partial charge in [-0.3, -0.25) is 9.69 Å². The van der Waals surface area contributed by atoms with E-state index in [-0.39, 0.29) is 5.78 Å². The Morgan fingerprint density at radius 2 is 1.89 bits per heavy atom. The summed E-state index contributed by atoms with van der Waals surface area (Å²) in [5, 5.41) is 0.745. The molecule has 0 aliphatic carbocycles. The second kappa shape index (κ2) is 8.03. The zero-order valence-electron chi connectivity index (χ0n) is 14.9. The molecule has 0 bridgehead atoms.